The van der Waals surface area contributed by atoms with Crippen LogP contribution in [-0.4, -0.2) is 11.9 Å². The van der Waals surface area contributed by atoms with Crippen molar-refractivity contribution in [1.82, 2.24) is 0 Å². The predicted molar refractivity (Wildman–Crippen MR) is 120 cm³/mol. The van der Waals surface area contributed by atoms with E-state index in [-0.39, 0.29) is 11.9 Å². The van der Waals surface area contributed by atoms with Crippen molar-refractivity contribution in [1.29, 1.82) is 0 Å². The standard InChI is InChI=1S/C26H34O4/c1-19-13-11-15-23(21(19)3)29-25(27)17-9-7-5-6-8-10-18-26(28)30-24-16-12-14-20(2)22(24)4/h11-16H,5-10,17-18H2,1-4H3. The number of hydrogen-bond donors (Lipinski definition) is 0. The van der Waals surface area contributed by atoms with E-state index < -0.39 is 0 Å². The summed E-state index contributed by atoms with van der Waals surface area (Å²) in [5, 5.41) is 0. The van der Waals surface area contributed by atoms with E-state index >= 15 is 0 Å². The van der Waals surface area contributed by atoms with Crippen molar-refractivity contribution in [3.63, 3.8) is 0 Å². The molecule has 0 atom stereocenters. The Labute approximate surface area is 180 Å². The number of carbonyl (C=O) groups excluding carboxylic acids is 2. The average molecular weight is 411 g/mol. The van der Waals surface area contributed by atoms with Gasteiger partial charge in [-0.25, -0.2) is 0 Å². The maximum atomic E-state index is 12.0. The second-order valence-corrected chi connectivity index (χ2v) is 7.97. The fourth-order valence-corrected chi connectivity index (χ4v) is 3.26. The number of aryl methyl sites for hydroxylation is 2. The van der Waals surface area contributed by atoms with Gasteiger partial charge in [-0.1, -0.05) is 49.9 Å². The summed E-state index contributed by atoms with van der Waals surface area (Å²) in [6.07, 6.45) is 6.65. The van der Waals surface area contributed by atoms with Crippen LogP contribution >= 0.6 is 0 Å². The lowest BCUT2D eigenvalue weighted by molar-refractivity contribution is -0.135. The van der Waals surface area contributed by atoms with Crippen molar-refractivity contribution in [2.75, 3.05) is 0 Å². The molecule has 0 saturated heterocycles. The maximum absolute atomic E-state index is 12.0. The summed E-state index contributed by atoms with van der Waals surface area (Å²) in [7, 11) is 0. The van der Waals surface area contributed by atoms with Crippen LogP contribution in [0.4, 0.5) is 0 Å². The lowest BCUT2D eigenvalue weighted by atomic mass is 10.1. The Hall–Kier alpha value is -2.62. The van der Waals surface area contributed by atoms with Gasteiger partial charge in [0.2, 0.25) is 0 Å². The van der Waals surface area contributed by atoms with E-state index in [1.807, 2.05) is 64.1 Å². The molecule has 0 radical (unpaired) electrons. The highest BCUT2D eigenvalue weighted by molar-refractivity contribution is 5.73. The quantitative estimate of drug-likeness (QED) is 0.239. The van der Waals surface area contributed by atoms with Gasteiger partial charge in [0.25, 0.3) is 0 Å². The van der Waals surface area contributed by atoms with Gasteiger partial charge >= 0.3 is 11.9 Å². The number of esters is 2. The largest absolute Gasteiger partial charge is 0.426 e. The SMILES string of the molecule is Cc1cccc(OC(=O)CCCCCCCCC(=O)Oc2cccc(C)c2C)c1C. The zero-order chi connectivity index (χ0) is 21.9. The van der Waals surface area contributed by atoms with E-state index in [0.29, 0.717) is 24.3 Å². The minimum Gasteiger partial charge on any atom is -0.426 e. The molecule has 0 aliphatic carbocycles. The molecule has 0 amide bonds. The van der Waals surface area contributed by atoms with E-state index in [2.05, 4.69) is 0 Å². The highest BCUT2D eigenvalue weighted by atomic mass is 16.5. The molecule has 0 N–H and O–H groups in total. The van der Waals surface area contributed by atoms with Crippen molar-refractivity contribution >= 4 is 11.9 Å². The topological polar surface area (TPSA) is 52.6 Å². The molecule has 162 valence electrons. The molecule has 0 spiro atoms. The molecule has 2 rings (SSSR count). The van der Waals surface area contributed by atoms with Crippen molar-refractivity contribution in [2.24, 2.45) is 0 Å². The first kappa shape index (κ1) is 23.7. The molecule has 0 aliphatic rings. The van der Waals surface area contributed by atoms with Crippen LogP contribution in [0.15, 0.2) is 36.4 Å². The number of rotatable bonds is 11. The van der Waals surface area contributed by atoms with Gasteiger partial charge in [0.05, 0.1) is 0 Å². The van der Waals surface area contributed by atoms with Gasteiger partial charge in [-0.2, -0.15) is 0 Å². The first-order valence-electron chi connectivity index (χ1n) is 10.9. The molecular formula is C26H34O4. The number of hydrogen-bond acceptors (Lipinski definition) is 4. The van der Waals surface area contributed by atoms with Crippen LogP contribution in [0.3, 0.4) is 0 Å². The van der Waals surface area contributed by atoms with E-state index in [9.17, 15) is 9.59 Å². The number of benzene rings is 2. The molecule has 0 bridgehead atoms. The fraction of sp³-hybridized carbons (Fsp3) is 0.462. The van der Waals surface area contributed by atoms with Crippen LogP contribution in [0.25, 0.3) is 0 Å². The van der Waals surface area contributed by atoms with Crippen LogP contribution in [0, 0.1) is 27.7 Å². The molecule has 0 aromatic heterocycles. The monoisotopic (exact) mass is 410 g/mol. The fourth-order valence-electron chi connectivity index (χ4n) is 3.26. The van der Waals surface area contributed by atoms with E-state index in [4.69, 9.17) is 9.47 Å². The normalized spacial score (nSPS) is 10.7. The van der Waals surface area contributed by atoms with Gasteiger partial charge in [0.1, 0.15) is 11.5 Å². The molecule has 2 aromatic carbocycles. The third kappa shape index (κ3) is 7.66. The van der Waals surface area contributed by atoms with E-state index in [0.717, 1.165) is 60.8 Å². The summed E-state index contributed by atoms with van der Waals surface area (Å²) >= 11 is 0. The summed E-state index contributed by atoms with van der Waals surface area (Å²) in [4.78, 5) is 24.0. The lowest BCUT2D eigenvalue weighted by Crippen LogP contribution is -2.09. The lowest BCUT2D eigenvalue weighted by Gasteiger charge is -2.09. The Kier molecular flexibility index (Phi) is 9.59. The van der Waals surface area contributed by atoms with Gasteiger partial charge in [0, 0.05) is 12.8 Å². The summed E-state index contributed by atoms with van der Waals surface area (Å²) in [5.41, 5.74) is 4.28. The summed E-state index contributed by atoms with van der Waals surface area (Å²) < 4.78 is 10.9. The van der Waals surface area contributed by atoms with Gasteiger partial charge in [0.15, 0.2) is 0 Å². The smallest absolute Gasteiger partial charge is 0.311 e. The van der Waals surface area contributed by atoms with Crippen LogP contribution in [0.2, 0.25) is 0 Å². The molecule has 0 heterocycles. The van der Waals surface area contributed by atoms with E-state index in [1.54, 1.807) is 0 Å². The van der Waals surface area contributed by atoms with Crippen molar-refractivity contribution < 1.29 is 19.1 Å². The molecule has 30 heavy (non-hydrogen) atoms. The number of unbranched alkanes of at least 4 members (excludes halogenated alkanes) is 5. The zero-order valence-corrected chi connectivity index (χ0v) is 18.8. The van der Waals surface area contributed by atoms with Crippen LogP contribution in [0.1, 0.15) is 73.6 Å². The molecule has 0 unspecified atom stereocenters. The second kappa shape index (κ2) is 12.2. The Bertz CT molecular complexity index is 783. The van der Waals surface area contributed by atoms with Crippen LogP contribution in [-0.2, 0) is 9.59 Å². The van der Waals surface area contributed by atoms with Gasteiger partial charge < -0.3 is 9.47 Å². The average Bonchev–Trinajstić information content (AvgIpc) is 2.71. The molecular weight excluding hydrogens is 376 g/mol. The Balaban J connectivity index is 1.52. The minimum atomic E-state index is -0.169. The van der Waals surface area contributed by atoms with E-state index in [1.165, 1.54) is 0 Å². The Morgan fingerprint density at radius 1 is 0.600 bits per heavy atom. The summed E-state index contributed by atoms with van der Waals surface area (Å²) in [6, 6.07) is 11.5. The maximum Gasteiger partial charge on any atom is 0.311 e. The number of carbonyl (C=O) groups is 2. The second-order valence-electron chi connectivity index (χ2n) is 7.97. The summed E-state index contributed by atoms with van der Waals surface area (Å²) in [6.45, 7) is 7.96. The Morgan fingerprint density at radius 2 is 0.967 bits per heavy atom. The molecule has 4 heteroatoms. The third-order valence-corrected chi connectivity index (χ3v) is 5.57. The Morgan fingerprint density at radius 3 is 1.37 bits per heavy atom. The molecule has 0 fully saturated rings. The first-order chi connectivity index (χ1) is 14.4. The van der Waals surface area contributed by atoms with Crippen molar-refractivity contribution in [3.05, 3.63) is 58.7 Å². The minimum absolute atomic E-state index is 0.169. The van der Waals surface area contributed by atoms with Gasteiger partial charge in [-0.3, -0.25) is 9.59 Å². The third-order valence-electron chi connectivity index (χ3n) is 5.57. The predicted octanol–water partition coefficient (Wildman–Crippen LogP) is 6.55. The number of ether oxygens (including phenoxy) is 2. The van der Waals surface area contributed by atoms with Crippen molar-refractivity contribution in [3.8, 4) is 11.5 Å². The van der Waals surface area contributed by atoms with Crippen LogP contribution < -0.4 is 9.47 Å². The molecule has 2 aromatic rings. The first-order valence-corrected chi connectivity index (χ1v) is 10.9. The van der Waals surface area contributed by atoms with Crippen molar-refractivity contribution in [2.45, 2.75) is 79.1 Å². The summed E-state index contributed by atoms with van der Waals surface area (Å²) in [5.74, 6) is 0.983. The van der Waals surface area contributed by atoms with Crippen LogP contribution in [0.5, 0.6) is 11.5 Å². The highest BCUT2D eigenvalue weighted by Gasteiger charge is 2.09. The highest BCUT2D eigenvalue weighted by Crippen LogP contribution is 2.22. The molecule has 0 aliphatic heterocycles. The molecule has 0 saturated carbocycles. The van der Waals surface area contributed by atoms with Gasteiger partial charge in [-0.05, 0) is 74.9 Å². The molecule has 4 nitrogen and oxygen atoms in total. The zero-order valence-electron chi connectivity index (χ0n) is 18.8. The van der Waals surface area contributed by atoms with Gasteiger partial charge in [-0.15, -0.1) is 0 Å².